The predicted molar refractivity (Wildman–Crippen MR) is 58.9 cm³/mol. The van der Waals surface area contributed by atoms with Gasteiger partial charge in [-0.1, -0.05) is 18.2 Å². The maximum atomic E-state index is 10.6. The molecule has 0 bridgehead atoms. The van der Waals surface area contributed by atoms with E-state index in [1.165, 1.54) is 30.4 Å². The highest BCUT2D eigenvalue weighted by molar-refractivity contribution is 5.70. The van der Waals surface area contributed by atoms with Crippen molar-refractivity contribution in [1.29, 1.82) is 0 Å². The molecule has 0 aliphatic heterocycles. The molecule has 0 unspecified atom stereocenters. The van der Waals surface area contributed by atoms with Crippen molar-refractivity contribution in [3.63, 3.8) is 0 Å². The monoisotopic (exact) mass is 204 g/mol. The highest BCUT2D eigenvalue weighted by Crippen LogP contribution is 2.33. The van der Waals surface area contributed by atoms with E-state index < -0.39 is 5.97 Å². The second-order valence-electron chi connectivity index (χ2n) is 4.48. The minimum absolute atomic E-state index is 0.130. The van der Waals surface area contributed by atoms with E-state index in [-0.39, 0.29) is 6.42 Å². The molecule has 1 aromatic rings. The maximum absolute atomic E-state index is 10.6. The van der Waals surface area contributed by atoms with Crippen molar-refractivity contribution in [3.8, 4) is 0 Å². The summed E-state index contributed by atoms with van der Waals surface area (Å²) < 4.78 is 0. The Labute approximate surface area is 89.9 Å². The molecule has 1 aliphatic rings. The van der Waals surface area contributed by atoms with Crippen molar-refractivity contribution in [3.05, 3.63) is 34.9 Å². The Balaban J connectivity index is 2.10. The SMILES string of the molecule is Cc1cc(CC(=O)O)ccc1CC1CC1. The normalized spacial score (nSPS) is 15.3. The van der Waals surface area contributed by atoms with Crippen LogP contribution in [-0.4, -0.2) is 11.1 Å². The molecule has 2 heteroatoms. The molecule has 80 valence electrons. The smallest absolute Gasteiger partial charge is 0.307 e. The molecule has 2 rings (SSSR count). The molecule has 1 saturated carbocycles. The summed E-state index contributed by atoms with van der Waals surface area (Å²) in [7, 11) is 0. The molecule has 1 N–H and O–H groups in total. The van der Waals surface area contributed by atoms with Gasteiger partial charge in [-0.3, -0.25) is 4.79 Å². The molecule has 0 aromatic heterocycles. The van der Waals surface area contributed by atoms with Crippen molar-refractivity contribution in [1.82, 2.24) is 0 Å². The lowest BCUT2D eigenvalue weighted by molar-refractivity contribution is -0.136. The molecule has 0 spiro atoms. The lowest BCUT2D eigenvalue weighted by Crippen LogP contribution is -2.01. The molecule has 1 aromatic carbocycles. The van der Waals surface area contributed by atoms with Gasteiger partial charge in [-0.2, -0.15) is 0 Å². The average molecular weight is 204 g/mol. The molecule has 0 saturated heterocycles. The Morgan fingerprint density at radius 1 is 1.47 bits per heavy atom. The standard InChI is InChI=1S/C13H16O2/c1-9-6-11(8-13(14)15)4-5-12(9)7-10-2-3-10/h4-6,10H,2-3,7-8H2,1H3,(H,14,15). The van der Waals surface area contributed by atoms with E-state index >= 15 is 0 Å². The van der Waals surface area contributed by atoms with Crippen molar-refractivity contribution in [2.45, 2.75) is 32.6 Å². The topological polar surface area (TPSA) is 37.3 Å². The summed E-state index contributed by atoms with van der Waals surface area (Å²) in [6.45, 7) is 2.07. The lowest BCUT2D eigenvalue weighted by atomic mass is 9.99. The number of hydrogen-bond acceptors (Lipinski definition) is 1. The van der Waals surface area contributed by atoms with Crippen LogP contribution in [0.25, 0.3) is 0 Å². The number of aryl methyl sites for hydroxylation is 1. The first-order valence-corrected chi connectivity index (χ1v) is 5.45. The van der Waals surface area contributed by atoms with Crippen LogP contribution >= 0.6 is 0 Å². The number of carbonyl (C=O) groups is 1. The van der Waals surface area contributed by atoms with Gasteiger partial charge >= 0.3 is 5.97 Å². The summed E-state index contributed by atoms with van der Waals surface area (Å²) in [6, 6.07) is 6.04. The summed E-state index contributed by atoms with van der Waals surface area (Å²) in [5.74, 6) is 0.123. The van der Waals surface area contributed by atoms with E-state index in [2.05, 4.69) is 13.0 Å². The zero-order chi connectivity index (χ0) is 10.8. The average Bonchev–Trinajstić information content (AvgIpc) is 2.92. The van der Waals surface area contributed by atoms with Gasteiger partial charge in [0.05, 0.1) is 6.42 Å². The fourth-order valence-corrected chi connectivity index (χ4v) is 1.90. The van der Waals surface area contributed by atoms with Gasteiger partial charge in [-0.25, -0.2) is 0 Å². The van der Waals surface area contributed by atoms with Gasteiger partial charge in [0.2, 0.25) is 0 Å². The maximum Gasteiger partial charge on any atom is 0.307 e. The fourth-order valence-electron chi connectivity index (χ4n) is 1.90. The van der Waals surface area contributed by atoms with Crippen molar-refractivity contribution < 1.29 is 9.90 Å². The van der Waals surface area contributed by atoms with E-state index in [1.54, 1.807) is 0 Å². The molecule has 0 atom stereocenters. The molecular weight excluding hydrogens is 188 g/mol. The molecular formula is C13H16O2. The second-order valence-corrected chi connectivity index (χ2v) is 4.48. The van der Waals surface area contributed by atoms with Gasteiger partial charge in [0.1, 0.15) is 0 Å². The minimum Gasteiger partial charge on any atom is -0.481 e. The van der Waals surface area contributed by atoms with Crippen LogP contribution in [0.4, 0.5) is 0 Å². The Bertz CT molecular complexity index is 378. The van der Waals surface area contributed by atoms with Gasteiger partial charge in [-0.05, 0) is 48.8 Å². The number of rotatable bonds is 4. The molecule has 0 heterocycles. The Hall–Kier alpha value is -1.31. The Kier molecular flexibility index (Phi) is 2.76. The van der Waals surface area contributed by atoms with Crippen molar-refractivity contribution in [2.75, 3.05) is 0 Å². The quantitative estimate of drug-likeness (QED) is 0.818. The summed E-state index contributed by atoms with van der Waals surface area (Å²) in [5, 5.41) is 8.68. The van der Waals surface area contributed by atoms with Crippen LogP contribution in [0.15, 0.2) is 18.2 Å². The second kappa shape index (κ2) is 4.05. The fraction of sp³-hybridized carbons (Fsp3) is 0.462. The third kappa shape index (κ3) is 2.82. The summed E-state index contributed by atoms with van der Waals surface area (Å²) >= 11 is 0. The van der Waals surface area contributed by atoms with E-state index in [0.717, 1.165) is 11.5 Å². The van der Waals surface area contributed by atoms with Gasteiger partial charge in [0.25, 0.3) is 0 Å². The molecule has 1 fully saturated rings. The number of benzene rings is 1. The summed E-state index contributed by atoms with van der Waals surface area (Å²) in [5.41, 5.74) is 3.52. The first-order chi connectivity index (χ1) is 7.15. The van der Waals surface area contributed by atoms with Crippen LogP contribution in [-0.2, 0) is 17.6 Å². The minimum atomic E-state index is -0.760. The molecule has 2 nitrogen and oxygen atoms in total. The lowest BCUT2D eigenvalue weighted by Gasteiger charge is -2.06. The number of carboxylic acid groups (broad SMARTS) is 1. The molecule has 0 amide bonds. The first-order valence-electron chi connectivity index (χ1n) is 5.45. The predicted octanol–water partition coefficient (Wildman–Crippen LogP) is 2.57. The van der Waals surface area contributed by atoms with Crippen LogP contribution in [0.3, 0.4) is 0 Å². The van der Waals surface area contributed by atoms with Crippen LogP contribution in [0, 0.1) is 12.8 Å². The number of aliphatic carboxylic acids is 1. The van der Waals surface area contributed by atoms with Crippen LogP contribution in [0.2, 0.25) is 0 Å². The van der Waals surface area contributed by atoms with E-state index in [0.29, 0.717) is 0 Å². The van der Waals surface area contributed by atoms with E-state index in [4.69, 9.17) is 5.11 Å². The van der Waals surface area contributed by atoms with Crippen LogP contribution in [0.5, 0.6) is 0 Å². The molecule has 0 radical (unpaired) electrons. The summed E-state index contributed by atoms with van der Waals surface area (Å²) in [4.78, 5) is 10.6. The van der Waals surface area contributed by atoms with Gasteiger partial charge in [-0.15, -0.1) is 0 Å². The number of carboxylic acids is 1. The first kappa shape index (κ1) is 10.2. The van der Waals surface area contributed by atoms with E-state index in [9.17, 15) is 4.79 Å². The molecule has 1 aliphatic carbocycles. The van der Waals surface area contributed by atoms with Crippen LogP contribution in [0.1, 0.15) is 29.5 Å². The number of hydrogen-bond donors (Lipinski definition) is 1. The zero-order valence-electron chi connectivity index (χ0n) is 8.99. The van der Waals surface area contributed by atoms with Crippen molar-refractivity contribution >= 4 is 5.97 Å². The van der Waals surface area contributed by atoms with Gasteiger partial charge in [0, 0.05) is 0 Å². The summed E-state index contributed by atoms with van der Waals surface area (Å²) in [6.07, 6.45) is 4.01. The Morgan fingerprint density at radius 2 is 2.20 bits per heavy atom. The molecule has 15 heavy (non-hydrogen) atoms. The van der Waals surface area contributed by atoms with E-state index in [1.807, 2.05) is 12.1 Å². The van der Waals surface area contributed by atoms with Gasteiger partial charge in [0.15, 0.2) is 0 Å². The highest BCUT2D eigenvalue weighted by Gasteiger charge is 2.22. The largest absolute Gasteiger partial charge is 0.481 e. The van der Waals surface area contributed by atoms with Gasteiger partial charge < -0.3 is 5.11 Å². The highest BCUT2D eigenvalue weighted by atomic mass is 16.4. The van der Waals surface area contributed by atoms with Crippen molar-refractivity contribution in [2.24, 2.45) is 5.92 Å². The third-order valence-corrected chi connectivity index (χ3v) is 2.97. The zero-order valence-corrected chi connectivity index (χ0v) is 8.99. The van der Waals surface area contributed by atoms with Crippen LogP contribution < -0.4 is 0 Å². The Morgan fingerprint density at radius 3 is 2.73 bits per heavy atom. The third-order valence-electron chi connectivity index (χ3n) is 2.97.